The topological polar surface area (TPSA) is 70.1 Å². The molecule has 2 aromatic rings. The van der Waals surface area contributed by atoms with Crippen LogP contribution in [0.15, 0.2) is 46.2 Å². The van der Waals surface area contributed by atoms with Gasteiger partial charge in [0.1, 0.15) is 16.9 Å². The zero-order valence-electron chi connectivity index (χ0n) is 12.0. The van der Waals surface area contributed by atoms with E-state index < -0.39 is 14.5 Å². The first-order chi connectivity index (χ1) is 10.1. The van der Waals surface area contributed by atoms with Crippen molar-refractivity contribution < 1.29 is 13.1 Å². The minimum absolute atomic E-state index is 0.000382. The minimum atomic E-state index is -3.78. The van der Waals surface area contributed by atoms with Crippen molar-refractivity contribution in [2.24, 2.45) is 0 Å². The Morgan fingerprint density at radius 1 is 1.09 bits per heavy atom. The van der Waals surface area contributed by atoms with Crippen LogP contribution in [0.4, 0.5) is 0 Å². The number of nitrogens with zero attached hydrogens (tertiary/aromatic N) is 2. The lowest BCUT2D eigenvalue weighted by Gasteiger charge is -2.33. The number of halogens is 2. The molecule has 0 saturated heterocycles. The summed E-state index contributed by atoms with van der Waals surface area (Å²) in [4.78, 5) is 3.77. The van der Waals surface area contributed by atoms with E-state index in [1.54, 1.807) is 12.1 Å². The highest BCUT2D eigenvalue weighted by molar-refractivity contribution is 7.91. The predicted molar refractivity (Wildman–Crippen MR) is 85.3 cm³/mol. The molecule has 5 nitrogen and oxygen atoms in total. The molecule has 0 saturated carbocycles. The van der Waals surface area contributed by atoms with Gasteiger partial charge in [0, 0.05) is 5.56 Å². The van der Waals surface area contributed by atoms with Gasteiger partial charge in [-0.25, -0.2) is 13.4 Å². The Balaban J connectivity index is 2.48. The van der Waals surface area contributed by atoms with Crippen molar-refractivity contribution >= 4 is 33.0 Å². The summed E-state index contributed by atoms with van der Waals surface area (Å²) in [5, 5.41) is 11.7. The molecule has 0 bridgehead atoms. The van der Waals surface area contributed by atoms with Crippen LogP contribution in [0.5, 0.6) is 0 Å². The summed E-state index contributed by atoms with van der Waals surface area (Å²) in [6.45, 7) is 0.168. The van der Waals surface area contributed by atoms with Crippen LogP contribution in [0.3, 0.4) is 0 Å². The lowest BCUT2D eigenvalue weighted by molar-refractivity contribution is -0.853. The third-order valence-corrected chi connectivity index (χ3v) is 4.94. The van der Waals surface area contributed by atoms with E-state index in [1.807, 2.05) is 0 Å². The number of quaternary nitrogens is 1. The highest BCUT2D eigenvalue weighted by atomic mass is 35.5. The van der Waals surface area contributed by atoms with Crippen molar-refractivity contribution in [1.82, 2.24) is 4.98 Å². The molecule has 1 aromatic carbocycles. The van der Waals surface area contributed by atoms with E-state index in [4.69, 9.17) is 23.2 Å². The zero-order valence-corrected chi connectivity index (χ0v) is 14.3. The van der Waals surface area contributed by atoms with Gasteiger partial charge in [0.15, 0.2) is 0 Å². The maximum Gasteiger partial charge on any atom is 0.206 e. The molecule has 0 aliphatic heterocycles. The number of hydrogen-bond donors (Lipinski definition) is 0. The van der Waals surface area contributed by atoms with Gasteiger partial charge in [-0.2, -0.15) is 0 Å². The molecule has 1 aromatic heterocycles. The van der Waals surface area contributed by atoms with Gasteiger partial charge in [-0.1, -0.05) is 35.3 Å². The Labute approximate surface area is 139 Å². The van der Waals surface area contributed by atoms with Crippen LogP contribution in [0, 0.1) is 5.21 Å². The summed E-state index contributed by atoms with van der Waals surface area (Å²) >= 11 is 11.5. The van der Waals surface area contributed by atoms with Crippen molar-refractivity contribution in [1.29, 1.82) is 0 Å². The maximum absolute atomic E-state index is 12.6. The molecule has 22 heavy (non-hydrogen) atoms. The second-order valence-corrected chi connectivity index (χ2v) is 8.06. The summed E-state index contributed by atoms with van der Waals surface area (Å²) in [7, 11) is -0.801. The van der Waals surface area contributed by atoms with Gasteiger partial charge >= 0.3 is 0 Å². The SMILES string of the molecule is C[N+](C)([O-])Cc1cccc(S(=O)(=O)c2cc(Cl)nc(Cl)c2)c1. The second kappa shape index (κ2) is 6.14. The Kier molecular flexibility index (Phi) is 4.79. The van der Waals surface area contributed by atoms with Gasteiger partial charge in [0.2, 0.25) is 9.84 Å². The van der Waals surface area contributed by atoms with E-state index in [2.05, 4.69) is 4.98 Å². The van der Waals surface area contributed by atoms with Crippen LogP contribution in [0.2, 0.25) is 10.3 Å². The van der Waals surface area contributed by atoms with Gasteiger partial charge in [-0.3, -0.25) is 0 Å². The molecule has 0 aliphatic carbocycles. The fourth-order valence-corrected chi connectivity index (χ4v) is 3.94. The Morgan fingerprint density at radius 2 is 1.68 bits per heavy atom. The first kappa shape index (κ1) is 17.2. The Hall–Kier alpha value is -1.18. The smallest absolute Gasteiger partial charge is 0.206 e. The molecule has 0 N–H and O–H groups in total. The van der Waals surface area contributed by atoms with Gasteiger partial charge < -0.3 is 9.85 Å². The average molecular weight is 361 g/mol. The molecule has 8 heteroatoms. The van der Waals surface area contributed by atoms with Gasteiger partial charge in [0.25, 0.3) is 0 Å². The van der Waals surface area contributed by atoms with Crippen molar-refractivity contribution in [2.45, 2.75) is 16.3 Å². The van der Waals surface area contributed by atoms with Crippen molar-refractivity contribution in [3.05, 3.63) is 57.5 Å². The van der Waals surface area contributed by atoms with Crippen LogP contribution in [-0.4, -0.2) is 32.1 Å². The molecule has 0 spiro atoms. The summed E-state index contributed by atoms with van der Waals surface area (Å²) in [6.07, 6.45) is 0. The van der Waals surface area contributed by atoms with E-state index in [-0.39, 0.29) is 26.6 Å². The summed E-state index contributed by atoms with van der Waals surface area (Å²) in [5.74, 6) is 0. The van der Waals surface area contributed by atoms with Gasteiger partial charge in [0.05, 0.1) is 23.9 Å². The molecule has 0 radical (unpaired) electrons. The molecular weight excluding hydrogens is 347 g/mol. The fraction of sp³-hybridized carbons (Fsp3) is 0.214. The highest BCUT2D eigenvalue weighted by Gasteiger charge is 2.20. The van der Waals surface area contributed by atoms with E-state index in [0.29, 0.717) is 5.56 Å². The third kappa shape index (κ3) is 4.18. The van der Waals surface area contributed by atoms with Crippen LogP contribution >= 0.6 is 23.2 Å². The monoisotopic (exact) mass is 360 g/mol. The van der Waals surface area contributed by atoms with E-state index >= 15 is 0 Å². The zero-order chi connectivity index (χ0) is 16.5. The first-order valence-corrected chi connectivity index (χ1v) is 8.53. The summed E-state index contributed by atoms with van der Waals surface area (Å²) in [5.41, 5.74) is 0.632. The summed E-state index contributed by atoms with van der Waals surface area (Å²) < 4.78 is 24.7. The molecule has 0 fully saturated rings. The second-order valence-electron chi connectivity index (χ2n) is 5.33. The normalized spacial score (nSPS) is 12.4. The largest absolute Gasteiger partial charge is 0.633 e. The minimum Gasteiger partial charge on any atom is -0.633 e. The van der Waals surface area contributed by atoms with Crippen LogP contribution in [-0.2, 0) is 16.4 Å². The standard InChI is InChI=1S/C14H14Cl2N2O3S/c1-18(2,19)9-10-4-3-5-11(6-10)22(20,21)12-7-13(15)17-14(16)8-12/h3-8H,9H2,1-2H3. The number of rotatable bonds is 4. The third-order valence-electron chi connectivity index (χ3n) is 2.82. The van der Waals surface area contributed by atoms with E-state index in [9.17, 15) is 13.6 Å². The molecule has 1 heterocycles. The molecule has 2 rings (SSSR count). The Bertz CT molecular complexity index is 782. The molecular formula is C14H14Cl2N2O3S. The number of pyridine rings is 1. The first-order valence-electron chi connectivity index (χ1n) is 6.29. The van der Waals surface area contributed by atoms with Crippen LogP contribution in [0.1, 0.15) is 5.56 Å². The lowest BCUT2D eigenvalue weighted by Crippen LogP contribution is -2.31. The van der Waals surface area contributed by atoms with Gasteiger partial charge in [-0.05, 0) is 24.3 Å². The molecule has 0 atom stereocenters. The molecule has 118 valence electrons. The number of benzene rings is 1. The number of hydroxylamine groups is 3. The summed E-state index contributed by atoms with van der Waals surface area (Å²) in [6, 6.07) is 8.74. The van der Waals surface area contributed by atoms with Gasteiger partial charge in [-0.15, -0.1) is 0 Å². The quantitative estimate of drug-likeness (QED) is 0.476. The average Bonchev–Trinajstić information content (AvgIpc) is 2.35. The van der Waals surface area contributed by atoms with Crippen molar-refractivity contribution in [2.75, 3.05) is 14.1 Å². The highest BCUT2D eigenvalue weighted by Crippen LogP contribution is 2.26. The Morgan fingerprint density at radius 3 is 2.23 bits per heavy atom. The maximum atomic E-state index is 12.6. The molecule has 0 unspecified atom stereocenters. The molecule has 0 amide bonds. The number of aromatic nitrogens is 1. The number of hydrogen-bond acceptors (Lipinski definition) is 4. The van der Waals surface area contributed by atoms with Crippen LogP contribution in [0.25, 0.3) is 0 Å². The van der Waals surface area contributed by atoms with E-state index in [1.165, 1.54) is 38.4 Å². The van der Waals surface area contributed by atoms with Crippen LogP contribution < -0.4 is 0 Å². The number of sulfone groups is 1. The van der Waals surface area contributed by atoms with Crippen molar-refractivity contribution in [3.8, 4) is 0 Å². The fourth-order valence-electron chi connectivity index (χ4n) is 1.98. The lowest BCUT2D eigenvalue weighted by atomic mass is 10.2. The predicted octanol–water partition coefficient (Wildman–Crippen LogP) is 3.30. The van der Waals surface area contributed by atoms with E-state index in [0.717, 1.165) is 0 Å². The van der Waals surface area contributed by atoms with Crippen molar-refractivity contribution in [3.63, 3.8) is 0 Å². The molecule has 0 aliphatic rings.